The highest BCUT2D eigenvalue weighted by Gasteiger charge is 2.07. The highest BCUT2D eigenvalue weighted by Crippen LogP contribution is 2.32. The van der Waals surface area contributed by atoms with Gasteiger partial charge in [-0.3, -0.25) is 0 Å². The van der Waals surface area contributed by atoms with Gasteiger partial charge in [-0.05, 0) is 46.7 Å². The minimum atomic E-state index is 0.772. The molecule has 5 heteroatoms. The van der Waals surface area contributed by atoms with Crippen molar-refractivity contribution in [1.82, 2.24) is 10.3 Å². The zero-order chi connectivity index (χ0) is 12.4. The molecule has 1 heterocycles. The second-order valence-corrected chi connectivity index (χ2v) is 4.78. The standard InChI is InChI=1S/C13H10N2O2S/c1-16-9-5-7-10(8-6-9)18-12-4-2-3-11-13(12)15-17-14-11/h2-8H,1H3. The van der Waals surface area contributed by atoms with Gasteiger partial charge in [0.1, 0.15) is 16.8 Å². The highest BCUT2D eigenvalue weighted by atomic mass is 32.2. The molecule has 2 aromatic carbocycles. The van der Waals surface area contributed by atoms with Crippen molar-refractivity contribution in [2.24, 2.45) is 0 Å². The zero-order valence-corrected chi connectivity index (χ0v) is 10.5. The van der Waals surface area contributed by atoms with E-state index in [0.717, 1.165) is 26.6 Å². The first kappa shape index (κ1) is 11.1. The molecule has 0 radical (unpaired) electrons. The van der Waals surface area contributed by atoms with Gasteiger partial charge in [0.05, 0.1) is 7.11 Å². The van der Waals surface area contributed by atoms with Crippen LogP contribution in [0.5, 0.6) is 5.75 Å². The van der Waals surface area contributed by atoms with Crippen molar-refractivity contribution in [1.29, 1.82) is 0 Å². The van der Waals surface area contributed by atoms with E-state index in [9.17, 15) is 0 Å². The molecule has 0 aliphatic heterocycles. The van der Waals surface area contributed by atoms with Gasteiger partial charge in [-0.15, -0.1) is 0 Å². The van der Waals surface area contributed by atoms with Crippen LogP contribution in [-0.2, 0) is 0 Å². The molecule has 18 heavy (non-hydrogen) atoms. The van der Waals surface area contributed by atoms with Gasteiger partial charge < -0.3 is 4.74 Å². The fourth-order valence-corrected chi connectivity index (χ4v) is 2.55. The van der Waals surface area contributed by atoms with Crippen LogP contribution in [0.2, 0.25) is 0 Å². The van der Waals surface area contributed by atoms with Crippen LogP contribution in [0.15, 0.2) is 56.9 Å². The van der Waals surface area contributed by atoms with Crippen LogP contribution >= 0.6 is 11.8 Å². The summed E-state index contributed by atoms with van der Waals surface area (Å²) in [6.45, 7) is 0. The summed E-state index contributed by atoms with van der Waals surface area (Å²) in [6, 6.07) is 13.7. The maximum absolute atomic E-state index is 5.13. The normalized spacial score (nSPS) is 10.7. The Morgan fingerprint density at radius 3 is 2.67 bits per heavy atom. The third kappa shape index (κ3) is 2.04. The maximum atomic E-state index is 5.13. The highest BCUT2D eigenvalue weighted by molar-refractivity contribution is 7.99. The van der Waals surface area contributed by atoms with Crippen LogP contribution in [0.4, 0.5) is 0 Å². The molecule has 0 bridgehead atoms. The van der Waals surface area contributed by atoms with Crippen LogP contribution in [0.3, 0.4) is 0 Å². The van der Waals surface area contributed by atoms with Gasteiger partial charge in [0.25, 0.3) is 0 Å². The van der Waals surface area contributed by atoms with Crippen LogP contribution in [0, 0.1) is 0 Å². The van der Waals surface area contributed by atoms with Crippen molar-refractivity contribution in [3.05, 3.63) is 42.5 Å². The summed E-state index contributed by atoms with van der Waals surface area (Å²) in [5.41, 5.74) is 1.56. The number of fused-ring (bicyclic) bond motifs is 1. The molecule has 3 aromatic rings. The van der Waals surface area contributed by atoms with E-state index in [1.54, 1.807) is 18.9 Å². The Morgan fingerprint density at radius 2 is 1.89 bits per heavy atom. The van der Waals surface area contributed by atoms with Crippen molar-refractivity contribution in [3.8, 4) is 5.75 Å². The van der Waals surface area contributed by atoms with E-state index in [4.69, 9.17) is 9.37 Å². The number of hydrogen-bond acceptors (Lipinski definition) is 5. The lowest BCUT2D eigenvalue weighted by atomic mass is 10.3. The number of ether oxygens (including phenoxy) is 1. The molecule has 0 spiro atoms. The Bertz CT molecular complexity index is 664. The molecule has 1 aromatic heterocycles. The quantitative estimate of drug-likeness (QED) is 0.720. The fourth-order valence-electron chi connectivity index (χ4n) is 1.63. The Morgan fingerprint density at radius 1 is 1.06 bits per heavy atom. The molecule has 0 aliphatic rings. The number of rotatable bonds is 3. The van der Waals surface area contributed by atoms with Crippen molar-refractivity contribution in [2.75, 3.05) is 7.11 Å². The SMILES string of the molecule is COc1ccc(Sc2cccc3nonc23)cc1. The summed E-state index contributed by atoms with van der Waals surface area (Å²) in [5, 5.41) is 7.75. The predicted molar refractivity (Wildman–Crippen MR) is 68.9 cm³/mol. The average Bonchev–Trinajstić information content (AvgIpc) is 2.89. The molecule has 0 N–H and O–H groups in total. The third-order valence-corrected chi connectivity index (χ3v) is 3.59. The molecule has 0 saturated heterocycles. The second kappa shape index (κ2) is 4.70. The Kier molecular flexibility index (Phi) is 2.90. The summed E-state index contributed by atoms with van der Waals surface area (Å²) in [5.74, 6) is 0.848. The van der Waals surface area contributed by atoms with Crippen LogP contribution in [0.1, 0.15) is 0 Å². The van der Waals surface area contributed by atoms with Gasteiger partial charge in [0, 0.05) is 9.79 Å². The van der Waals surface area contributed by atoms with E-state index < -0.39 is 0 Å². The molecule has 90 valence electrons. The summed E-state index contributed by atoms with van der Waals surface area (Å²) >= 11 is 1.62. The van der Waals surface area contributed by atoms with Crippen molar-refractivity contribution in [3.63, 3.8) is 0 Å². The van der Waals surface area contributed by atoms with Crippen LogP contribution in [-0.4, -0.2) is 17.4 Å². The van der Waals surface area contributed by atoms with Gasteiger partial charge in [0.15, 0.2) is 0 Å². The topological polar surface area (TPSA) is 48.2 Å². The Hall–Kier alpha value is -2.01. The molecular formula is C13H10N2O2S. The predicted octanol–water partition coefficient (Wildman–Crippen LogP) is 3.38. The van der Waals surface area contributed by atoms with E-state index in [0.29, 0.717) is 0 Å². The lowest BCUT2D eigenvalue weighted by Crippen LogP contribution is -1.81. The lowest BCUT2D eigenvalue weighted by Gasteiger charge is -2.03. The summed E-state index contributed by atoms with van der Waals surface area (Å²) in [4.78, 5) is 2.14. The molecule has 4 nitrogen and oxygen atoms in total. The van der Waals surface area contributed by atoms with Gasteiger partial charge in [0.2, 0.25) is 0 Å². The summed E-state index contributed by atoms with van der Waals surface area (Å²) in [7, 11) is 1.66. The van der Waals surface area contributed by atoms with Gasteiger partial charge in [-0.1, -0.05) is 17.8 Å². The number of hydrogen-bond donors (Lipinski definition) is 0. The minimum absolute atomic E-state index is 0.772. The smallest absolute Gasteiger partial charge is 0.149 e. The second-order valence-electron chi connectivity index (χ2n) is 3.67. The molecule has 0 aliphatic carbocycles. The van der Waals surface area contributed by atoms with E-state index in [1.165, 1.54) is 0 Å². The van der Waals surface area contributed by atoms with Gasteiger partial charge >= 0.3 is 0 Å². The monoisotopic (exact) mass is 258 g/mol. The first-order valence-corrected chi connectivity index (χ1v) is 6.21. The van der Waals surface area contributed by atoms with Crippen molar-refractivity contribution < 1.29 is 9.37 Å². The molecule has 0 atom stereocenters. The molecule has 0 unspecified atom stereocenters. The lowest BCUT2D eigenvalue weighted by molar-refractivity contribution is 0.315. The van der Waals surface area contributed by atoms with E-state index >= 15 is 0 Å². The summed E-state index contributed by atoms with van der Waals surface area (Å²) in [6.07, 6.45) is 0. The van der Waals surface area contributed by atoms with Gasteiger partial charge in [-0.25, -0.2) is 4.63 Å². The van der Waals surface area contributed by atoms with E-state index in [2.05, 4.69) is 10.3 Å². The molecular weight excluding hydrogens is 248 g/mol. The fraction of sp³-hybridized carbons (Fsp3) is 0.0769. The third-order valence-electron chi connectivity index (χ3n) is 2.54. The van der Waals surface area contributed by atoms with E-state index in [1.807, 2.05) is 42.5 Å². The number of aromatic nitrogens is 2. The average molecular weight is 258 g/mol. The first-order valence-electron chi connectivity index (χ1n) is 5.40. The number of nitrogens with zero attached hydrogens (tertiary/aromatic N) is 2. The molecule has 0 fully saturated rings. The molecule has 0 saturated carbocycles. The van der Waals surface area contributed by atoms with Crippen molar-refractivity contribution in [2.45, 2.75) is 9.79 Å². The Labute approximate surface area is 108 Å². The van der Waals surface area contributed by atoms with E-state index in [-0.39, 0.29) is 0 Å². The minimum Gasteiger partial charge on any atom is -0.497 e. The van der Waals surface area contributed by atoms with Gasteiger partial charge in [-0.2, -0.15) is 0 Å². The number of methoxy groups -OCH3 is 1. The largest absolute Gasteiger partial charge is 0.497 e. The summed E-state index contributed by atoms with van der Waals surface area (Å²) < 4.78 is 9.88. The van der Waals surface area contributed by atoms with Crippen LogP contribution in [0.25, 0.3) is 11.0 Å². The maximum Gasteiger partial charge on any atom is 0.149 e. The first-order chi connectivity index (χ1) is 8.86. The van der Waals surface area contributed by atoms with Crippen LogP contribution < -0.4 is 4.74 Å². The molecule has 3 rings (SSSR count). The molecule has 0 amide bonds. The van der Waals surface area contributed by atoms with Crippen molar-refractivity contribution >= 4 is 22.8 Å². The zero-order valence-electron chi connectivity index (χ0n) is 9.66. The Balaban J connectivity index is 1.93. The number of benzene rings is 2.